The van der Waals surface area contributed by atoms with Crippen LogP contribution in [-0.4, -0.2) is 120 Å². The smallest absolute Gasteiger partial charge is 0.323 e. The van der Waals surface area contributed by atoms with Crippen LogP contribution in [0.4, 0.5) is 5.95 Å². The minimum atomic E-state index is -1.26. The minimum absolute atomic E-state index is 0.0279. The molecule has 9 N–H and O–H groups in total. The molecule has 5 unspecified atom stereocenters. The van der Waals surface area contributed by atoms with Crippen LogP contribution in [0.15, 0.2) is 11.1 Å². The summed E-state index contributed by atoms with van der Waals surface area (Å²) in [5.74, 6) is -3.63. The molecule has 2 aromatic heterocycles. The summed E-state index contributed by atoms with van der Waals surface area (Å²) in [6.45, 7) is -0.977. The van der Waals surface area contributed by atoms with Crippen molar-refractivity contribution in [2.75, 3.05) is 51.9 Å². The van der Waals surface area contributed by atoms with Gasteiger partial charge in [-0.25, -0.2) is 4.98 Å². The van der Waals surface area contributed by atoms with Crippen LogP contribution in [0, 0.1) is 17.8 Å². The van der Waals surface area contributed by atoms with Gasteiger partial charge in [-0.15, -0.1) is 0 Å². The van der Waals surface area contributed by atoms with Gasteiger partial charge in [0, 0.05) is 32.3 Å². The zero-order chi connectivity index (χ0) is 28.4. The highest BCUT2D eigenvalue weighted by Gasteiger charge is 2.33. The minimum Gasteiger partial charge on any atom is -0.480 e. The Morgan fingerprint density at radius 3 is 2.45 bits per heavy atom. The maximum atomic E-state index is 13.1. The number of anilines is 1. The summed E-state index contributed by atoms with van der Waals surface area (Å²) in [7, 11) is 2.26. The second-order valence-electron chi connectivity index (χ2n) is 8.93. The molecule has 1 amide bonds. The number of aromatic amines is 1. The van der Waals surface area contributed by atoms with Crippen molar-refractivity contribution in [2.24, 2.45) is 17.8 Å². The van der Waals surface area contributed by atoms with E-state index < -0.39 is 61.2 Å². The number of carbonyl (C=O) groups is 2. The van der Waals surface area contributed by atoms with E-state index in [1.54, 1.807) is 6.92 Å². The molecule has 6 atom stereocenters. The number of carbonyl (C=O) groups excluding carboxylic acids is 1. The molecule has 17 heteroatoms. The highest BCUT2D eigenvalue weighted by molar-refractivity contribution is 7.13. The molecule has 2 rings (SSSR count). The van der Waals surface area contributed by atoms with Gasteiger partial charge in [0.25, 0.3) is 5.56 Å². The molecule has 0 radical (unpaired) electrons. The number of nitrogens with one attached hydrogen (secondary N) is 2. The summed E-state index contributed by atoms with van der Waals surface area (Å²) < 4.78 is 7.09. The van der Waals surface area contributed by atoms with E-state index in [2.05, 4.69) is 29.4 Å². The number of carboxylic acid groups (broad SMARTS) is 1. The molecule has 0 fully saturated rings. The van der Waals surface area contributed by atoms with Crippen LogP contribution >= 0.6 is 9.39 Å². The Labute approximate surface area is 220 Å². The number of nitrogen functional groups attached to an aromatic ring is 1. The van der Waals surface area contributed by atoms with E-state index in [1.165, 1.54) is 10.9 Å². The van der Waals surface area contributed by atoms with Crippen molar-refractivity contribution >= 4 is 38.4 Å². The Balaban J connectivity index is 2.15. The number of aliphatic hydroxyl groups excluding tert-OH is 4. The number of aliphatic carboxylic acids is 1. The lowest BCUT2D eigenvalue weighted by Crippen LogP contribution is -2.48. The van der Waals surface area contributed by atoms with Crippen LogP contribution < -0.4 is 16.4 Å². The molecule has 214 valence electrons. The van der Waals surface area contributed by atoms with Gasteiger partial charge >= 0.3 is 5.97 Å². The molecular formula is C21H36N7O9P. The number of carboxylic acids is 1. The molecule has 0 aromatic carbocycles. The molecule has 0 bridgehead atoms. The summed E-state index contributed by atoms with van der Waals surface area (Å²) in [4.78, 5) is 47.8. The first-order chi connectivity index (χ1) is 18.1. The third-order valence-electron chi connectivity index (χ3n) is 6.31. The predicted octanol–water partition coefficient (Wildman–Crippen LogP) is -3.41. The number of H-pyrrole nitrogens is 1. The first kappa shape index (κ1) is 31.5. The molecule has 0 saturated heterocycles. The number of amides is 1. The summed E-state index contributed by atoms with van der Waals surface area (Å²) >= 11 is 0. The topological polar surface area (TPSA) is 249 Å². The van der Waals surface area contributed by atoms with Gasteiger partial charge in [-0.05, 0) is 11.8 Å². The summed E-state index contributed by atoms with van der Waals surface area (Å²) in [5.41, 5.74) is 5.04. The number of rotatable bonds is 17. The van der Waals surface area contributed by atoms with E-state index in [1.807, 2.05) is 0 Å². The van der Waals surface area contributed by atoms with Gasteiger partial charge in [0.2, 0.25) is 11.9 Å². The normalized spacial score (nSPS) is 15.6. The number of aliphatic hydroxyl groups is 4. The SMILES string of the molecule is CC(CO)C(CO)C(CO)C(CO)OC[C@@H](CN(CC(=O)O)C(=O)Cn1cnc2c(=O)[nH]c(N)nc21)NP. The largest absolute Gasteiger partial charge is 0.480 e. The molecule has 38 heavy (non-hydrogen) atoms. The van der Waals surface area contributed by atoms with Crippen LogP contribution in [0.25, 0.3) is 11.2 Å². The van der Waals surface area contributed by atoms with Crippen molar-refractivity contribution in [1.29, 1.82) is 0 Å². The fourth-order valence-electron chi connectivity index (χ4n) is 4.12. The number of hydrogen-bond acceptors (Lipinski definition) is 12. The molecule has 0 aliphatic rings. The van der Waals surface area contributed by atoms with E-state index in [0.717, 1.165) is 4.90 Å². The average molecular weight is 562 g/mol. The summed E-state index contributed by atoms with van der Waals surface area (Å²) in [6.07, 6.45) is 0.325. The van der Waals surface area contributed by atoms with E-state index in [-0.39, 0.29) is 55.9 Å². The Morgan fingerprint density at radius 2 is 1.89 bits per heavy atom. The number of nitrogens with two attached hydrogens (primary N) is 1. The van der Waals surface area contributed by atoms with E-state index in [9.17, 15) is 39.9 Å². The van der Waals surface area contributed by atoms with Crippen molar-refractivity contribution in [2.45, 2.75) is 25.6 Å². The molecule has 16 nitrogen and oxygen atoms in total. The third-order valence-corrected chi connectivity index (χ3v) is 6.78. The highest BCUT2D eigenvalue weighted by Crippen LogP contribution is 2.25. The van der Waals surface area contributed by atoms with Crippen molar-refractivity contribution in [3.05, 3.63) is 16.7 Å². The standard InChI is InChI=1S/C21H36N7O9P/c1-11(5-29)13(6-30)14(7-31)15(8-32)37-9-12(26-38)2-27(4-17(34)35)16(33)3-28-10-23-18-19(28)24-21(22)25-20(18)36/h10-15,26,29-32H,2-9,38H2,1H3,(H,34,35)(H3,22,24,25,36)/t11?,12-,13?,14?,15?/m1/s1. The Hall–Kier alpha value is -2.72. The number of hydrogen-bond donors (Lipinski definition) is 8. The third kappa shape index (κ3) is 8.14. The zero-order valence-electron chi connectivity index (χ0n) is 20.9. The molecule has 2 heterocycles. The fourth-order valence-corrected chi connectivity index (χ4v) is 4.32. The molecule has 0 aliphatic heterocycles. The van der Waals surface area contributed by atoms with Crippen molar-refractivity contribution in [3.8, 4) is 0 Å². The maximum absolute atomic E-state index is 13.1. The lowest BCUT2D eigenvalue weighted by Gasteiger charge is -2.34. The summed E-state index contributed by atoms with van der Waals surface area (Å²) in [6, 6.07) is -0.615. The van der Waals surface area contributed by atoms with Gasteiger partial charge < -0.3 is 45.5 Å². The van der Waals surface area contributed by atoms with Crippen LogP contribution in [0.2, 0.25) is 0 Å². The number of imidazole rings is 1. The van der Waals surface area contributed by atoms with Crippen LogP contribution in [-0.2, 0) is 20.9 Å². The van der Waals surface area contributed by atoms with E-state index in [0.29, 0.717) is 0 Å². The van der Waals surface area contributed by atoms with E-state index >= 15 is 0 Å². The predicted molar refractivity (Wildman–Crippen MR) is 138 cm³/mol. The molecular weight excluding hydrogens is 525 g/mol. The molecule has 2 aromatic rings. The lowest BCUT2D eigenvalue weighted by atomic mass is 9.80. The van der Waals surface area contributed by atoms with Gasteiger partial charge in [-0.3, -0.25) is 24.5 Å². The maximum Gasteiger partial charge on any atom is 0.323 e. The van der Waals surface area contributed by atoms with Gasteiger partial charge in [-0.2, -0.15) is 4.98 Å². The first-order valence-electron chi connectivity index (χ1n) is 11.8. The van der Waals surface area contributed by atoms with Gasteiger partial charge in [0.1, 0.15) is 13.1 Å². The van der Waals surface area contributed by atoms with Crippen molar-refractivity contribution in [1.82, 2.24) is 29.5 Å². The lowest BCUT2D eigenvalue weighted by molar-refractivity contribution is -0.145. The van der Waals surface area contributed by atoms with E-state index in [4.69, 9.17) is 10.5 Å². The monoisotopic (exact) mass is 561 g/mol. The molecule has 0 aliphatic carbocycles. The number of aromatic nitrogens is 4. The quantitative estimate of drug-likeness (QED) is 0.0878. The number of ether oxygens (including phenoxy) is 1. The van der Waals surface area contributed by atoms with Crippen molar-refractivity contribution in [3.63, 3.8) is 0 Å². The number of nitrogens with zero attached hydrogens (tertiary/aromatic N) is 4. The Kier molecular flexibility index (Phi) is 12.4. The average Bonchev–Trinajstić information content (AvgIpc) is 3.28. The molecule has 0 spiro atoms. The number of fused-ring (bicyclic) bond motifs is 1. The van der Waals surface area contributed by atoms with Crippen molar-refractivity contribution < 1.29 is 39.9 Å². The first-order valence-corrected chi connectivity index (χ1v) is 12.4. The second-order valence-corrected chi connectivity index (χ2v) is 9.27. The van der Waals surface area contributed by atoms with Crippen LogP contribution in [0.5, 0.6) is 0 Å². The van der Waals surface area contributed by atoms with Gasteiger partial charge in [-0.1, -0.05) is 16.3 Å². The van der Waals surface area contributed by atoms with Gasteiger partial charge in [0.05, 0.1) is 31.7 Å². The second kappa shape index (κ2) is 15.0. The molecule has 0 saturated carbocycles. The summed E-state index contributed by atoms with van der Waals surface area (Å²) in [5, 5.41) is 51.2. The van der Waals surface area contributed by atoms with Crippen LogP contribution in [0.1, 0.15) is 6.92 Å². The van der Waals surface area contributed by atoms with Crippen LogP contribution in [0.3, 0.4) is 0 Å². The highest BCUT2D eigenvalue weighted by atomic mass is 31.0. The fraction of sp³-hybridized carbons (Fsp3) is 0.667. The Morgan fingerprint density at radius 1 is 1.21 bits per heavy atom. The zero-order valence-corrected chi connectivity index (χ0v) is 22.1. The van der Waals surface area contributed by atoms with Gasteiger partial charge in [0.15, 0.2) is 11.2 Å². The Bertz CT molecular complexity index is 1110.